The van der Waals surface area contributed by atoms with E-state index in [-0.39, 0.29) is 0 Å². The minimum Gasteiger partial charge on any atom is -0.496 e. The van der Waals surface area contributed by atoms with Gasteiger partial charge in [-0.25, -0.2) is 0 Å². The molecule has 1 unspecified atom stereocenters. The molecule has 2 heterocycles. The molecule has 1 aromatic heterocycles. The van der Waals surface area contributed by atoms with Gasteiger partial charge in [-0.15, -0.1) is 11.3 Å². The van der Waals surface area contributed by atoms with E-state index in [1.54, 1.807) is 12.0 Å². The maximum absolute atomic E-state index is 5.29. The van der Waals surface area contributed by atoms with Gasteiger partial charge in [0.05, 0.1) is 11.6 Å². The number of methoxy groups -OCH3 is 1. The fraction of sp³-hybridized carbons (Fsp3) is 0.375. The molecule has 1 aromatic carbocycles. The summed E-state index contributed by atoms with van der Waals surface area (Å²) in [6, 6.07) is 9.13. The lowest BCUT2D eigenvalue weighted by Gasteiger charge is -2.33. The number of rotatable bonds is 3. The molecular formula is C16H18BrNOS. The van der Waals surface area contributed by atoms with Crippen molar-refractivity contribution in [1.29, 1.82) is 0 Å². The number of fused-ring (bicyclic) bond motifs is 1. The van der Waals surface area contributed by atoms with Gasteiger partial charge in [-0.2, -0.15) is 0 Å². The summed E-state index contributed by atoms with van der Waals surface area (Å²) in [5.41, 5.74) is 2.83. The molecule has 20 heavy (non-hydrogen) atoms. The van der Waals surface area contributed by atoms with E-state index in [4.69, 9.17) is 4.74 Å². The van der Waals surface area contributed by atoms with Crippen LogP contribution < -0.4 is 4.74 Å². The van der Waals surface area contributed by atoms with E-state index in [0.29, 0.717) is 6.04 Å². The molecule has 0 saturated heterocycles. The Hall–Kier alpha value is -0.840. The first-order chi connectivity index (χ1) is 9.69. The first-order valence-electron chi connectivity index (χ1n) is 6.82. The van der Waals surface area contributed by atoms with Crippen LogP contribution in [-0.4, -0.2) is 18.6 Å². The predicted octanol–water partition coefficient (Wildman–Crippen LogP) is 4.64. The molecule has 0 amide bonds. The summed E-state index contributed by atoms with van der Waals surface area (Å²) in [7, 11) is 1.70. The van der Waals surface area contributed by atoms with Gasteiger partial charge in [0.1, 0.15) is 5.75 Å². The van der Waals surface area contributed by atoms with Gasteiger partial charge < -0.3 is 4.74 Å². The average molecular weight is 352 g/mol. The van der Waals surface area contributed by atoms with Crippen molar-refractivity contribution < 1.29 is 4.74 Å². The molecule has 0 radical (unpaired) electrons. The predicted molar refractivity (Wildman–Crippen MR) is 87.5 cm³/mol. The first-order valence-corrected chi connectivity index (χ1v) is 8.49. The van der Waals surface area contributed by atoms with Gasteiger partial charge in [0.2, 0.25) is 0 Å². The zero-order valence-corrected chi connectivity index (χ0v) is 14.1. The number of nitrogens with zero attached hydrogens (tertiary/aromatic N) is 1. The molecule has 0 fully saturated rings. The second kappa shape index (κ2) is 5.88. The molecule has 1 atom stereocenters. The molecule has 106 valence electrons. The van der Waals surface area contributed by atoms with Crippen molar-refractivity contribution in [1.82, 2.24) is 4.90 Å². The highest BCUT2D eigenvalue weighted by molar-refractivity contribution is 9.10. The molecule has 2 aromatic rings. The van der Waals surface area contributed by atoms with Crippen LogP contribution in [0.1, 0.15) is 29.0 Å². The molecule has 2 nitrogen and oxygen atoms in total. The standard InChI is InChI=1S/C16H18BrNOS/c1-11-13-6-8-20-16(13)5-7-18(11)10-12-3-4-15(19-2)14(17)9-12/h3-4,6,8-9,11H,5,7,10H2,1-2H3. The van der Waals surface area contributed by atoms with E-state index in [2.05, 4.69) is 51.3 Å². The Bertz CT molecular complexity index is 610. The highest BCUT2D eigenvalue weighted by atomic mass is 79.9. The van der Waals surface area contributed by atoms with Crippen LogP contribution in [0.4, 0.5) is 0 Å². The number of hydrogen-bond acceptors (Lipinski definition) is 3. The SMILES string of the molecule is COc1ccc(CN2CCc3sccc3C2C)cc1Br. The molecule has 0 saturated carbocycles. The van der Waals surface area contributed by atoms with Crippen molar-refractivity contribution in [2.24, 2.45) is 0 Å². The van der Waals surface area contributed by atoms with Crippen molar-refractivity contribution in [3.63, 3.8) is 0 Å². The van der Waals surface area contributed by atoms with Crippen LogP contribution in [0.2, 0.25) is 0 Å². The van der Waals surface area contributed by atoms with Crippen LogP contribution in [-0.2, 0) is 13.0 Å². The smallest absolute Gasteiger partial charge is 0.133 e. The largest absolute Gasteiger partial charge is 0.496 e. The summed E-state index contributed by atoms with van der Waals surface area (Å²) in [4.78, 5) is 4.10. The fourth-order valence-corrected chi connectivity index (χ4v) is 4.37. The van der Waals surface area contributed by atoms with Crippen molar-refractivity contribution in [2.75, 3.05) is 13.7 Å². The third-order valence-corrected chi connectivity index (χ3v) is 5.62. The quantitative estimate of drug-likeness (QED) is 0.798. The van der Waals surface area contributed by atoms with Gasteiger partial charge in [-0.05, 0) is 64.0 Å². The normalized spacial score (nSPS) is 18.9. The van der Waals surface area contributed by atoms with Crippen LogP contribution in [0.3, 0.4) is 0 Å². The van der Waals surface area contributed by atoms with Crippen molar-refractivity contribution in [3.8, 4) is 5.75 Å². The Labute approximate surface area is 132 Å². The van der Waals surface area contributed by atoms with Crippen molar-refractivity contribution >= 4 is 27.3 Å². The van der Waals surface area contributed by atoms with Crippen molar-refractivity contribution in [3.05, 3.63) is 50.1 Å². The van der Waals surface area contributed by atoms with E-state index in [1.165, 1.54) is 17.5 Å². The van der Waals surface area contributed by atoms with E-state index >= 15 is 0 Å². The molecule has 0 spiro atoms. The van der Waals surface area contributed by atoms with Crippen LogP contribution in [0.15, 0.2) is 34.1 Å². The van der Waals surface area contributed by atoms with E-state index in [1.807, 2.05) is 17.4 Å². The maximum Gasteiger partial charge on any atom is 0.133 e. The van der Waals surface area contributed by atoms with Gasteiger partial charge >= 0.3 is 0 Å². The molecule has 3 rings (SSSR count). The molecule has 4 heteroatoms. The molecule has 1 aliphatic rings. The van der Waals surface area contributed by atoms with Crippen molar-refractivity contribution in [2.45, 2.75) is 25.9 Å². The van der Waals surface area contributed by atoms with Gasteiger partial charge in [0, 0.05) is 24.0 Å². The van der Waals surface area contributed by atoms with E-state index in [0.717, 1.165) is 23.3 Å². The van der Waals surface area contributed by atoms with Crippen LogP contribution in [0.5, 0.6) is 5.75 Å². The first kappa shape index (κ1) is 14.1. The molecular weight excluding hydrogens is 334 g/mol. The lowest BCUT2D eigenvalue weighted by Crippen LogP contribution is -2.32. The zero-order valence-electron chi connectivity index (χ0n) is 11.7. The number of ether oxygens (including phenoxy) is 1. The monoisotopic (exact) mass is 351 g/mol. The van der Waals surface area contributed by atoms with Crippen LogP contribution in [0, 0.1) is 0 Å². The lowest BCUT2D eigenvalue weighted by atomic mass is 10.0. The van der Waals surface area contributed by atoms with Gasteiger partial charge in [-0.3, -0.25) is 4.90 Å². The zero-order chi connectivity index (χ0) is 14.1. The Morgan fingerprint density at radius 2 is 2.25 bits per heavy atom. The number of hydrogen-bond donors (Lipinski definition) is 0. The second-order valence-corrected chi connectivity index (χ2v) is 7.02. The third-order valence-electron chi connectivity index (χ3n) is 4.01. The number of benzene rings is 1. The molecule has 0 aliphatic carbocycles. The van der Waals surface area contributed by atoms with Gasteiger partial charge in [0.15, 0.2) is 0 Å². The van der Waals surface area contributed by atoms with Gasteiger partial charge in [-0.1, -0.05) is 6.07 Å². The second-order valence-electron chi connectivity index (χ2n) is 5.16. The Morgan fingerprint density at radius 3 is 3.00 bits per heavy atom. The fourth-order valence-electron chi connectivity index (χ4n) is 2.82. The highest BCUT2D eigenvalue weighted by Gasteiger charge is 2.24. The molecule has 0 bridgehead atoms. The number of halogens is 1. The molecule has 0 N–H and O–H groups in total. The summed E-state index contributed by atoms with van der Waals surface area (Å²) in [6.45, 7) is 4.43. The summed E-state index contributed by atoms with van der Waals surface area (Å²) in [6.07, 6.45) is 1.18. The number of thiophene rings is 1. The summed E-state index contributed by atoms with van der Waals surface area (Å²) in [5, 5.41) is 2.22. The Kier molecular flexibility index (Phi) is 4.15. The Morgan fingerprint density at radius 1 is 1.40 bits per heavy atom. The maximum atomic E-state index is 5.29. The highest BCUT2D eigenvalue weighted by Crippen LogP contribution is 2.34. The lowest BCUT2D eigenvalue weighted by molar-refractivity contribution is 0.191. The topological polar surface area (TPSA) is 12.5 Å². The molecule has 1 aliphatic heterocycles. The van der Waals surface area contributed by atoms with Crippen LogP contribution >= 0.6 is 27.3 Å². The third kappa shape index (κ3) is 2.65. The van der Waals surface area contributed by atoms with Gasteiger partial charge in [0.25, 0.3) is 0 Å². The minimum absolute atomic E-state index is 0.505. The summed E-state index contributed by atoms with van der Waals surface area (Å²) in [5.74, 6) is 0.889. The van der Waals surface area contributed by atoms with E-state index < -0.39 is 0 Å². The van der Waals surface area contributed by atoms with E-state index in [9.17, 15) is 0 Å². The summed E-state index contributed by atoms with van der Waals surface area (Å²) < 4.78 is 6.31. The summed E-state index contributed by atoms with van der Waals surface area (Å²) >= 11 is 5.46. The van der Waals surface area contributed by atoms with Crippen LogP contribution in [0.25, 0.3) is 0 Å². The average Bonchev–Trinajstić information content (AvgIpc) is 2.91. The minimum atomic E-state index is 0.505. The Balaban J connectivity index is 1.77.